The van der Waals surface area contributed by atoms with E-state index < -0.39 is 6.10 Å². The predicted molar refractivity (Wildman–Crippen MR) is 117 cm³/mol. The minimum atomic E-state index is -0.584. The van der Waals surface area contributed by atoms with Gasteiger partial charge in [-0.1, -0.05) is 34.9 Å². The summed E-state index contributed by atoms with van der Waals surface area (Å²) < 4.78 is 17.5. The van der Waals surface area contributed by atoms with E-state index in [1.54, 1.807) is 6.26 Å². The summed E-state index contributed by atoms with van der Waals surface area (Å²) in [6, 6.07) is 11.6. The van der Waals surface area contributed by atoms with Gasteiger partial charge in [-0.05, 0) is 42.3 Å². The number of rotatable bonds is 12. The Hall–Kier alpha value is -2.00. The molecule has 0 spiro atoms. The molecule has 0 aliphatic heterocycles. The van der Waals surface area contributed by atoms with Crippen molar-refractivity contribution in [2.24, 2.45) is 5.92 Å². The zero-order chi connectivity index (χ0) is 21.3. The molecule has 0 amide bonds. The molecule has 3 rings (SSSR count). The van der Waals surface area contributed by atoms with Crippen LogP contribution in [0.25, 0.3) is 11.4 Å². The first-order valence-electron chi connectivity index (χ1n) is 10.1. The fraction of sp³-hybridized carbons (Fsp3) is 0.455. The number of ether oxygens (including phenoxy) is 1. The van der Waals surface area contributed by atoms with E-state index in [9.17, 15) is 5.11 Å². The van der Waals surface area contributed by atoms with Crippen LogP contribution in [-0.2, 0) is 17.7 Å². The van der Waals surface area contributed by atoms with E-state index in [1.807, 2.05) is 36.4 Å². The SMILES string of the molecule is CC(C)COC[C@@H](O)CN(CCc1nc(-c2ccc(Br)cc2)no1)Cc1ccco1. The number of aliphatic hydroxyl groups excluding tert-OH is 1. The van der Waals surface area contributed by atoms with Crippen LogP contribution >= 0.6 is 15.9 Å². The van der Waals surface area contributed by atoms with Gasteiger partial charge in [0.05, 0.1) is 25.5 Å². The summed E-state index contributed by atoms with van der Waals surface area (Å²) in [6.07, 6.45) is 1.64. The molecule has 1 atom stereocenters. The molecule has 2 aromatic heterocycles. The molecule has 30 heavy (non-hydrogen) atoms. The Morgan fingerprint density at radius 3 is 2.67 bits per heavy atom. The van der Waals surface area contributed by atoms with Crippen molar-refractivity contribution >= 4 is 15.9 Å². The molecule has 0 aliphatic rings. The Morgan fingerprint density at radius 2 is 1.97 bits per heavy atom. The lowest BCUT2D eigenvalue weighted by molar-refractivity contribution is 0.00591. The lowest BCUT2D eigenvalue weighted by Crippen LogP contribution is -2.36. The highest BCUT2D eigenvalue weighted by Crippen LogP contribution is 2.19. The number of hydrogen-bond acceptors (Lipinski definition) is 7. The summed E-state index contributed by atoms with van der Waals surface area (Å²) in [5.41, 5.74) is 0.901. The number of nitrogens with zero attached hydrogens (tertiary/aromatic N) is 3. The Kier molecular flexibility index (Phi) is 8.62. The molecule has 0 bridgehead atoms. The topological polar surface area (TPSA) is 84.8 Å². The minimum Gasteiger partial charge on any atom is -0.468 e. The van der Waals surface area contributed by atoms with Gasteiger partial charge in [0.1, 0.15) is 5.76 Å². The Balaban J connectivity index is 1.56. The number of hydrogen-bond donors (Lipinski definition) is 1. The number of furan rings is 1. The molecule has 0 unspecified atom stereocenters. The van der Waals surface area contributed by atoms with Crippen LogP contribution in [0.5, 0.6) is 0 Å². The van der Waals surface area contributed by atoms with Crippen LogP contribution in [0.2, 0.25) is 0 Å². The van der Waals surface area contributed by atoms with Gasteiger partial charge in [-0.2, -0.15) is 4.98 Å². The number of aliphatic hydroxyl groups is 1. The van der Waals surface area contributed by atoms with Gasteiger partial charge in [-0.3, -0.25) is 4.90 Å². The monoisotopic (exact) mass is 477 g/mol. The lowest BCUT2D eigenvalue weighted by Gasteiger charge is -2.23. The molecule has 7 nitrogen and oxygen atoms in total. The molecule has 0 saturated carbocycles. The maximum absolute atomic E-state index is 10.4. The van der Waals surface area contributed by atoms with Gasteiger partial charge in [-0.15, -0.1) is 0 Å². The fourth-order valence-electron chi connectivity index (χ4n) is 2.97. The molecule has 2 heterocycles. The zero-order valence-corrected chi connectivity index (χ0v) is 18.9. The number of aromatic nitrogens is 2. The van der Waals surface area contributed by atoms with Crippen LogP contribution in [0.1, 0.15) is 25.5 Å². The van der Waals surface area contributed by atoms with Gasteiger partial charge < -0.3 is 18.8 Å². The van der Waals surface area contributed by atoms with Crippen LogP contribution < -0.4 is 0 Å². The standard InChI is InChI=1S/C22H28BrN3O4/c1-16(2)14-28-15-19(27)12-26(13-20-4-3-11-29-20)10-9-21-24-22(25-30-21)17-5-7-18(23)8-6-17/h3-8,11,16,19,27H,9-10,12-15H2,1-2H3/t19-/m0/s1. The summed E-state index contributed by atoms with van der Waals surface area (Å²) >= 11 is 3.42. The predicted octanol–water partition coefficient (Wildman–Crippen LogP) is 4.17. The van der Waals surface area contributed by atoms with Crippen molar-refractivity contribution in [1.82, 2.24) is 15.0 Å². The van der Waals surface area contributed by atoms with E-state index in [-0.39, 0.29) is 0 Å². The van der Waals surface area contributed by atoms with Gasteiger partial charge in [0.2, 0.25) is 11.7 Å². The first kappa shape index (κ1) is 22.7. The highest BCUT2D eigenvalue weighted by Gasteiger charge is 2.16. The molecule has 0 fully saturated rings. The molecule has 3 aromatic rings. The molecule has 162 valence electrons. The fourth-order valence-corrected chi connectivity index (χ4v) is 3.24. The Labute approximate surface area is 185 Å². The average Bonchev–Trinajstić information content (AvgIpc) is 3.38. The van der Waals surface area contributed by atoms with Gasteiger partial charge >= 0.3 is 0 Å². The largest absolute Gasteiger partial charge is 0.468 e. The molecule has 0 saturated heterocycles. The van der Waals surface area contributed by atoms with Gasteiger partial charge in [0.15, 0.2) is 0 Å². The summed E-state index contributed by atoms with van der Waals surface area (Å²) in [7, 11) is 0. The van der Waals surface area contributed by atoms with Crippen molar-refractivity contribution in [2.45, 2.75) is 32.9 Å². The summed E-state index contributed by atoms with van der Waals surface area (Å²) in [5.74, 6) is 2.40. The molecule has 0 radical (unpaired) electrons. The van der Waals surface area contributed by atoms with E-state index in [2.05, 4.69) is 44.8 Å². The second-order valence-electron chi connectivity index (χ2n) is 7.67. The second-order valence-corrected chi connectivity index (χ2v) is 8.58. The van der Waals surface area contributed by atoms with E-state index in [4.69, 9.17) is 13.7 Å². The average molecular weight is 478 g/mol. The van der Waals surface area contributed by atoms with Crippen molar-refractivity contribution in [3.05, 3.63) is 58.8 Å². The Bertz CT molecular complexity index is 865. The molecular formula is C22H28BrN3O4. The van der Waals surface area contributed by atoms with E-state index >= 15 is 0 Å². The van der Waals surface area contributed by atoms with Crippen molar-refractivity contribution in [1.29, 1.82) is 0 Å². The van der Waals surface area contributed by atoms with E-state index in [0.29, 0.717) is 56.9 Å². The third kappa shape index (κ3) is 7.36. The maximum atomic E-state index is 10.4. The van der Waals surface area contributed by atoms with Crippen molar-refractivity contribution in [2.75, 3.05) is 26.3 Å². The maximum Gasteiger partial charge on any atom is 0.228 e. The van der Waals surface area contributed by atoms with Gasteiger partial charge in [0, 0.05) is 36.2 Å². The van der Waals surface area contributed by atoms with Crippen LogP contribution in [0.15, 0.2) is 56.1 Å². The number of benzene rings is 1. The zero-order valence-electron chi connectivity index (χ0n) is 17.3. The first-order chi connectivity index (χ1) is 14.5. The normalized spacial score (nSPS) is 12.7. The van der Waals surface area contributed by atoms with Crippen molar-refractivity contribution < 1.29 is 18.8 Å². The van der Waals surface area contributed by atoms with E-state index in [0.717, 1.165) is 15.8 Å². The lowest BCUT2D eigenvalue weighted by atomic mass is 10.2. The third-order valence-corrected chi connectivity index (χ3v) is 4.93. The van der Waals surface area contributed by atoms with Gasteiger partial charge in [0.25, 0.3) is 0 Å². The van der Waals surface area contributed by atoms with Crippen molar-refractivity contribution in [3.63, 3.8) is 0 Å². The first-order valence-corrected chi connectivity index (χ1v) is 10.9. The molecule has 1 aromatic carbocycles. The van der Waals surface area contributed by atoms with Crippen LogP contribution in [0.4, 0.5) is 0 Å². The van der Waals surface area contributed by atoms with Crippen LogP contribution in [0.3, 0.4) is 0 Å². The Morgan fingerprint density at radius 1 is 1.17 bits per heavy atom. The minimum absolute atomic E-state index is 0.307. The highest BCUT2D eigenvalue weighted by atomic mass is 79.9. The second kappa shape index (κ2) is 11.4. The third-order valence-electron chi connectivity index (χ3n) is 4.40. The van der Waals surface area contributed by atoms with Crippen LogP contribution in [-0.4, -0.2) is 52.6 Å². The van der Waals surface area contributed by atoms with Crippen molar-refractivity contribution in [3.8, 4) is 11.4 Å². The summed E-state index contributed by atoms with van der Waals surface area (Å²) in [5, 5.41) is 14.5. The van der Waals surface area contributed by atoms with E-state index in [1.165, 1.54) is 0 Å². The quantitative estimate of drug-likeness (QED) is 0.418. The van der Waals surface area contributed by atoms with Gasteiger partial charge in [-0.25, -0.2) is 0 Å². The molecule has 0 aliphatic carbocycles. The number of halogens is 1. The smallest absolute Gasteiger partial charge is 0.228 e. The molecular weight excluding hydrogens is 450 g/mol. The molecule has 1 N–H and O–H groups in total. The highest BCUT2D eigenvalue weighted by molar-refractivity contribution is 9.10. The molecule has 8 heteroatoms. The summed E-state index contributed by atoms with van der Waals surface area (Å²) in [4.78, 5) is 6.60. The van der Waals surface area contributed by atoms with Crippen LogP contribution in [0, 0.1) is 5.92 Å². The summed E-state index contributed by atoms with van der Waals surface area (Å²) in [6.45, 7) is 6.81.